The zero-order valence-corrected chi connectivity index (χ0v) is 23.5. The maximum Gasteiger partial charge on any atom is 0.128 e. The summed E-state index contributed by atoms with van der Waals surface area (Å²) in [5.41, 5.74) is 10.5. The first-order valence-electron chi connectivity index (χ1n) is 14.3. The van der Waals surface area contributed by atoms with E-state index in [4.69, 9.17) is 9.72 Å². The molecule has 7 rings (SSSR count). The number of aromatic nitrogens is 2. The maximum atomic E-state index is 6.54. The Morgan fingerprint density at radius 3 is 1.35 bits per heavy atom. The molecule has 0 aliphatic carbocycles. The lowest BCUT2D eigenvalue weighted by molar-refractivity contribution is 0.483. The highest BCUT2D eigenvalue weighted by Gasteiger charge is 2.11. The van der Waals surface area contributed by atoms with E-state index >= 15 is 0 Å². The van der Waals surface area contributed by atoms with E-state index in [1.165, 1.54) is 0 Å². The summed E-state index contributed by atoms with van der Waals surface area (Å²) in [4.78, 5) is 9.40. The molecule has 0 spiro atoms. The minimum Gasteiger partial charge on any atom is -0.457 e. The number of hydrogen-bond donors (Lipinski definition) is 0. The standard InChI is InChI=1S/C40H28N2O/c1-4-11-29(12-5-1)32-19-21-41-39(27-32)34-17-10-18-37(24-34)43-38-25-35(31-15-8-3-9-16-31)23-36(26-38)40-28-33(20-22-42-40)30-13-6-2-7-14-30/h1-28H. The van der Waals surface area contributed by atoms with E-state index in [0.717, 1.165) is 67.4 Å². The lowest BCUT2D eigenvalue weighted by Gasteiger charge is -2.13. The molecule has 0 saturated carbocycles. The van der Waals surface area contributed by atoms with Gasteiger partial charge in [0, 0.05) is 23.5 Å². The summed E-state index contributed by atoms with van der Waals surface area (Å²) in [7, 11) is 0. The highest BCUT2D eigenvalue weighted by Crippen LogP contribution is 2.35. The number of ether oxygens (including phenoxy) is 1. The summed E-state index contributed by atoms with van der Waals surface area (Å²) in [6.07, 6.45) is 3.73. The van der Waals surface area contributed by atoms with Crippen LogP contribution in [-0.2, 0) is 0 Å². The maximum absolute atomic E-state index is 6.54. The van der Waals surface area contributed by atoms with Crippen molar-refractivity contribution in [1.29, 1.82) is 0 Å². The molecule has 5 aromatic carbocycles. The van der Waals surface area contributed by atoms with E-state index in [0.29, 0.717) is 0 Å². The van der Waals surface area contributed by atoms with Crippen molar-refractivity contribution in [3.8, 4) is 67.4 Å². The number of nitrogens with zero attached hydrogens (tertiary/aromatic N) is 2. The third-order valence-corrected chi connectivity index (χ3v) is 7.41. The molecule has 0 aliphatic heterocycles. The molecule has 2 heterocycles. The molecule has 0 amide bonds. The molecular weight excluding hydrogens is 524 g/mol. The van der Waals surface area contributed by atoms with Crippen LogP contribution in [-0.4, -0.2) is 9.97 Å². The van der Waals surface area contributed by atoms with Gasteiger partial charge in [0.1, 0.15) is 11.5 Å². The second-order valence-electron chi connectivity index (χ2n) is 10.3. The van der Waals surface area contributed by atoms with Crippen LogP contribution >= 0.6 is 0 Å². The highest BCUT2D eigenvalue weighted by atomic mass is 16.5. The Balaban J connectivity index is 1.25. The van der Waals surface area contributed by atoms with Gasteiger partial charge in [-0.2, -0.15) is 0 Å². The molecule has 3 heteroatoms. The van der Waals surface area contributed by atoms with E-state index in [-0.39, 0.29) is 0 Å². The van der Waals surface area contributed by atoms with Crippen LogP contribution in [0.15, 0.2) is 170 Å². The topological polar surface area (TPSA) is 35.0 Å². The molecule has 0 aliphatic rings. The number of hydrogen-bond acceptors (Lipinski definition) is 3. The van der Waals surface area contributed by atoms with Crippen molar-refractivity contribution in [2.24, 2.45) is 0 Å². The van der Waals surface area contributed by atoms with E-state index < -0.39 is 0 Å². The molecule has 7 aromatic rings. The second kappa shape index (κ2) is 12.0. The summed E-state index contributed by atoms with van der Waals surface area (Å²) < 4.78 is 6.54. The van der Waals surface area contributed by atoms with Crippen molar-refractivity contribution in [3.63, 3.8) is 0 Å². The summed E-state index contributed by atoms with van der Waals surface area (Å²) in [5.74, 6) is 1.48. The molecular formula is C40H28N2O. The summed E-state index contributed by atoms with van der Waals surface area (Å²) in [6, 6.07) is 53.8. The average molecular weight is 553 g/mol. The predicted octanol–water partition coefficient (Wildman–Crippen LogP) is 10.6. The van der Waals surface area contributed by atoms with Crippen LogP contribution in [0.2, 0.25) is 0 Å². The van der Waals surface area contributed by atoms with Gasteiger partial charge in [0.15, 0.2) is 0 Å². The fraction of sp³-hybridized carbons (Fsp3) is 0. The second-order valence-corrected chi connectivity index (χ2v) is 10.3. The molecule has 0 unspecified atom stereocenters. The summed E-state index contributed by atoms with van der Waals surface area (Å²) >= 11 is 0. The van der Waals surface area contributed by atoms with Crippen LogP contribution in [0, 0.1) is 0 Å². The van der Waals surface area contributed by atoms with E-state index in [1.54, 1.807) is 0 Å². The first-order valence-corrected chi connectivity index (χ1v) is 14.3. The summed E-state index contributed by atoms with van der Waals surface area (Å²) in [5, 5.41) is 0. The lowest BCUT2D eigenvalue weighted by Crippen LogP contribution is -1.91. The van der Waals surface area contributed by atoms with Crippen LogP contribution in [0.4, 0.5) is 0 Å². The third kappa shape index (κ3) is 5.97. The predicted molar refractivity (Wildman–Crippen MR) is 176 cm³/mol. The van der Waals surface area contributed by atoms with Crippen molar-refractivity contribution in [1.82, 2.24) is 9.97 Å². The van der Waals surface area contributed by atoms with Crippen molar-refractivity contribution < 1.29 is 4.74 Å². The number of benzene rings is 5. The Labute approximate surface area is 251 Å². The largest absolute Gasteiger partial charge is 0.457 e. The Kier molecular flexibility index (Phi) is 7.27. The van der Waals surface area contributed by atoms with Crippen molar-refractivity contribution in [2.75, 3.05) is 0 Å². The van der Waals surface area contributed by atoms with Gasteiger partial charge in [-0.05, 0) is 88.0 Å². The SMILES string of the molecule is c1ccc(-c2cc(Oc3cccc(-c4cc(-c5ccccc5)ccn4)c3)cc(-c3cc(-c4ccccc4)ccn3)c2)cc1. The zero-order chi connectivity index (χ0) is 28.8. The van der Waals surface area contributed by atoms with Gasteiger partial charge in [-0.25, -0.2) is 0 Å². The molecule has 0 N–H and O–H groups in total. The third-order valence-electron chi connectivity index (χ3n) is 7.41. The Morgan fingerprint density at radius 2 is 0.767 bits per heavy atom. The Bertz CT molecular complexity index is 1990. The lowest BCUT2D eigenvalue weighted by atomic mass is 9.99. The van der Waals surface area contributed by atoms with E-state index in [2.05, 4.69) is 114 Å². The molecule has 3 nitrogen and oxygen atoms in total. The van der Waals surface area contributed by atoms with E-state index in [9.17, 15) is 0 Å². The molecule has 0 saturated heterocycles. The quantitative estimate of drug-likeness (QED) is 0.197. The number of pyridine rings is 2. The fourth-order valence-electron chi connectivity index (χ4n) is 5.26. The van der Waals surface area contributed by atoms with Crippen LogP contribution in [0.1, 0.15) is 0 Å². The van der Waals surface area contributed by atoms with Gasteiger partial charge in [0.2, 0.25) is 0 Å². The van der Waals surface area contributed by atoms with Gasteiger partial charge in [0.05, 0.1) is 11.4 Å². The highest BCUT2D eigenvalue weighted by molar-refractivity contribution is 5.77. The van der Waals surface area contributed by atoms with Crippen LogP contribution < -0.4 is 4.74 Å². The Hall–Kier alpha value is -5.80. The molecule has 0 atom stereocenters. The van der Waals surface area contributed by atoms with Crippen LogP contribution in [0.5, 0.6) is 11.5 Å². The Morgan fingerprint density at radius 1 is 0.302 bits per heavy atom. The van der Waals surface area contributed by atoms with Gasteiger partial charge in [-0.15, -0.1) is 0 Å². The monoisotopic (exact) mass is 552 g/mol. The van der Waals surface area contributed by atoms with Gasteiger partial charge < -0.3 is 4.74 Å². The van der Waals surface area contributed by atoms with Gasteiger partial charge in [-0.1, -0.05) is 103 Å². The first kappa shape index (κ1) is 26.1. The minimum absolute atomic E-state index is 0.742. The first-order chi connectivity index (χ1) is 21.3. The van der Waals surface area contributed by atoms with Gasteiger partial charge >= 0.3 is 0 Å². The minimum atomic E-state index is 0.742. The molecule has 204 valence electrons. The normalized spacial score (nSPS) is 10.8. The van der Waals surface area contributed by atoms with Gasteiger partial charge in [-0.3, -0.25) is 9.97 Å². The van der Waals surface area contributed by atoms with Crippen molar-refractivity contribution in [3.05, 3.63) is 170 Å². The molecule has 2 aromatic heterocycles. The van der Waals surface area contributed by atoms with Crippen LogP contribution in [0.3, 0.4) is 0 Å². The van der Waals surface area contributed by atoms with Crippen molar-refractivity contribution in [2.45, 2.75) is 0 Å². The molecule has 0 bridgehead atoms. The van der Waals surface area contributed by atoms with Crippen LogP contribution in [0.25, 0.3) is 55.9 Å². The molecule has 0 radical (unpaired) electrons. The fourth-order valence-corrected chi connectivity index (χ4v) is 5.26. The average Bonchev–Trinajstić information content (AvgIpc) is 3.09. The molecule has 43 heavy (non-hydrogen) atoms. The van der Waals surface area contributed by atoms with Crippen molar-refractivity contribution >= 4 is 0 Å². The van der Waals surface area contributed by atoms with E-state index in [1.807, 2.05) is 60.9 Å². The summed E-state index contributed by atoms with van der Waals surface area (Å²) in [6.45, 7) is 0. The molecule has 0 fully saturated rings. The number of rotatable bonds is 7. The smallest absolute Gasteiger partial charge is 0.128 e. The zero-order valence-electron chi connectivity index (χ0n) is 23.5. The van der Waals surface area contributed by atoms with Gasteiger partial charge in [0.25, 0.3) is 0 Å².